The van der Waals surface area contributed by atoms with Crippen molar-refractivity contribution in [3.8, 4) is 11.3 Å². The summed E-state index contributed by atoms with van der Waals surface area (Å²) in [5.41, 5.74) is 1.44. The van der Waals surface area contributed by atoms with E-state index < -0.39 is 6.10 Å². The van der Waals surface area contributed by atoms with Crippen LogP contribution in [0.4, 0.5) is 0 Å². The van der Waals surface area contributed by atoms with Gasteiger partial charge in [0.05, 0.1) is 32.1 Å². The van der Waals surface area contributed by atoms with E-state index in [1.54, 1.807) is 6.07 Å². The molecule has 24 heavy (non-hydrogen) atoms. The molecule has 126 valence electrons. The highest BCUT2D eigenvalue weighted by atomic mass is 16.6. The van der Waals surface area contributed by atoms with Crippen molar-refractivity contribution in [2.24, 2.45) is 0 Å². The van der Waals surface area contributed by atoms with E-state index in [4.69, 9.17) is 9.47 Å². The van der Waals surface area contributed by atoms with Crippen molar-refractivity contribution in [1.82, 2.24) is 15.1 Å². The van der Waals surface area contributed by atoms with Gasteiger partial charge in [0.2, 0.25) is 0 Å². The first-order valence-corrected chi connectivity index (χ1v) is 7.85. The van der Waals surface area contributed by atoms with Crippen LogP contribution in [0.1, 0.15) is 0 Å². The molecule has 1 fully saturated rings. The van der Waals surface area contributed by atoms with E-state index in [1.165, 1.54) is 10.7 Å². The van der Waals surface area contributed by atoms with E-state index in [0.29, 0.717) is 32.0 Å². The van der Waals surface area contributed by atoms with Gasteiger partial charge in [-0.3, -0.25) is 9.59 Å². The zero-order valence-corrected chi connectivity index (χ0v) is 13.2. The van der Waals surface area contributed by atoms with Gasteiger partial charge < -0.3 is 14.8 Å². The minimum atomic E-state index is -0.584. The number of benzene rings is 1. The van der Waals surface area contributed by atoms with E-state index >= 15 is 0 Å². The number of ether oxygens (including phenoxy) is 2. The van der Waals surface area contributed by atoms with Crippen molar-refractivity contribution in [3.05, 3.63) is 52.8 Å². The van der Waals surface area contributed by atoms with Gasteiger partial charge in [0.1, 0.15) is 0 Å². The third-order valence-corrected chi connectivity index (χ3v) is 3.67. The second-order valence-corrected chi connectivity index (χ2v) is 5.37. The third-order valence-electron chi connectivity index (χ3n) is 3.67. The van der Waals surface area contributed by atoms with Gasteiger partial charge in [-0.1, -0.05) is 30.3 Å². The molecule has 7 nitrogen and oxygen atoms in total. The largest absolute Gasteiger partial charge is 0.376 e. The standard InChI is InChI=1S/C17H19N3O4/c21-16-7-6-14(13-4-2-1-3-5-13)19-20(16)9-8-18-17(22)15-12-23-10-11-24-15/h1-7,15H,8-12H2,(H,18,22)/t15-/m0/s1. The molecule has 1 aromatic heterocycles. The minimum absolute atomic E-state index is 0.207. The minimum Gasteiger partial charge on any atom is -0.376 e. The summed E-state index contributed by atoms with van der Waals surface area (Å²) in [6.45, 7) is 1.77. The lowest BCUT2D eigenvalue weighted by Gasteiger charge is -2.22. The quantitative estimate of drug-likeness (QED) is 0.861. The Labute approximate surface area is 139 Å². The van der Waals surface area contributed by atoms with Gasteiger partial charge in [-0.15, -0.1) is 0 Å². The lowest BCUT2D eigenvalue weighted by atomic mass is 10.1. The number of carbonyl (C=O) groups excluding carboxylic acids is 1. The van der Waals surface area contributed by atoms with Crippen LogP contribution in [0.2, 0.25) is 0 Å². The number of rotatable bonds is 5. The summed E-state index contributed by atoms with van der Waals surface area (Å²) in [6, 6.07) is 12.8. The summed E-state index contributed by atoms with van der Waals surface area (Å²) in [7, 11) is 0. The van der Waals surface area contributed by atoms with Crippen LogP contribution in [0.3, 0.4) is 0 Å². The molecule has 0 bridgehead atoms. The van der Waals surface area contributed by atoms with Crippen LogP contribution in [0.15, 0.2) is 47.3 Å². The molecule has 3 rings (SSSR count). The topological polar surface area (TPSA) is 82.5 Å². The summed E-state index contributed by atoms with van der Waals surface area (Å²) >= 11 is 0. The van der Waals surface area contributed by atoms with Crippen LogP contribution in [-0.2, 0) is 20.8 Å². The Hall–Kier alpha value is -2.51. The Kier molecular flexibility index (Phi) is 5.35. The van der Waals surface area contributed by atoms with Gasteiger partial charge in [0.25, 0.3) is 11.5 Å². The highest BCUT2D eigenvalue weighted by molar-refractivity contribution is 5.80. The van der Waals surface area contributed by atoms with E-state index in [1.807, 2.05) is 30.3 Å². The maximum absolute atomic E-state index is 11.9. The number of hydrogen-bond donors (Lipinski definition) is 1. The van der Waals surface area contributed by atoms with Crippen LogP contribution in [0, 0.1) is 0 Å². The van der Waals surface area contributed by atoms with Crippen LogP contribution in [0.25, 0.3) is 11.3 Å². The molecular weight excluding hydrogens is 310 g/mol. The third kappa shape index (κ3) is 4.06. The fourth-order valence-corrected chi connectivity index (χ4v) is 2.41. The Morgan fingerprint density at radius 1 is 1.21 bits per heavy atom. The molecule has 0 spiro atoms. The molecule has 7 heteroatoms. The van der Waals surface area contributed by atoms with Gasteiger partial charge in [-0.25, -0.2) is 4.68 Å². The lowest BCUT2D eigenvalue weighted by Crippen LogP contribution is -2.44. The van der Waals surface area contributed by atoms with Gasteiger partial charge in [0.15, 0.2) is 6.10 Å². The van der Waals surface area contributed by atoms with E-state index in [9.17, 15) is 9.59 Å². The number of amides is 1. The average molecular weight is 329 g/mol. The normalized spacial score (nSPS) is 17.4. The van der Waals surface area contributed by atoms with Crippen molar-refractivity contribution < 1.29 is 14.3 Å². The number of aromatic nitrogens is 2. The van der Waals surface area contributed by atoms with Crippen LogP contribution in [0.5, 0.6) is 0 Å². The monoisotopic (exact) mass is 329 g/mol. The zero-order valence-electron chi connectivity index (χ0n) is 13.2. The molecule has 0 unspecified atom stereocenters. The maximum atomic E-state index is 11.9. The molecule has 2 aromatic rings. The zero-order chi connectivity index (χ0) is 16.8. The average Bonchev–Trinajstić information content (AvgIpc) is 2.64. The lowest BCUT2D eigenvalue weighted by molar-refractivity contribution is -0.147. The second kappa shape index (κ2) is 7.85. The summed E-state index contributed by atoms with van der Waals surface area (Å²) in [5.74, 6) is -0.234. The first-order chi connectivity index (χ1) is 11.7. The smallest absolute Gasteiger partial charge is 0.266 e. The fraction of sp³-hybridized carbons (Fsp3) is 0.353. The van der Waals surface area contributed by atoms with Crippen molar-refractivity contribution in [2.75, 3.05) is 26.4 Å². The van der Waals surface area contributed by atoms with Gasteiger partial charge in [0, 0.05) is 18.2 Å². The Balaban J connectivity index is 1.60. The van der Waals surface area contributed by atoms with Gasteiger partial charge in [-0.2, -0.15) is 5.10 Å². The molecule has 0 radical (unpaired) electrons. The molecule has 0 saturated carbocycles. The molecule has 1 N–H and O–H groups in total. The molecule has 1 aromatic carbocycles. The molecule has 1 aliphatic rings. The molecule has 1 atom stereocenters. The van der Waals surface area contributed by atoms with Crippen molar-refractivity contribution in [2.45, 2.75) is 12.6 Å². The highest BCUT2D eigenvalue weighted by Crippen LogP contribution is 2.13. The van der Waals surface area contributed by atoms with Crippen LogP contribution >= 0.6 is 0 Å². The fourth-order valence-electron chi connectivity index (χ4n) is 2.41. The van der Waals surface area contributed by atoms with Crippen LogP contribution in [-0.4, -0.2) is 48.2 Å². The summed E-state index contributed by atoms with van der Waals surface area (Å²) < 4.78 is 11.9. The Morgan fingerprint density at radius 3 is 2.79 bits per heavy atom. The SMILES string of the molecule is O=C(NCCn1nc(-c2ccccc2)ccc1=O)[C@@H]1COCCO1. The van der Waals surface area contributed by atoms with Crippen molar-refractivity contribution >= 4 is 5.91 Å². The van der Waals surface area contributed by atoms with Gasteiger partial charge in [-0.05, 0) is 6.07 Å². The molecular formula is C17H19N3O4. The van der Waals surface area contributed by atoms with E-state index in [2.05, 4.69) is 10.4 Å². The summed E-state index contributed by atoms with van der Waals surface area (Å²) in [5, 5.41) is 7.09. The molecule has 1 saturated heterocycles. The second-order valence-electron chi connectivity index (χ2n) is 5.37. The molecule has 1 amide bonds. The van der Waals surface area contributed by atoms with Crippen LogP contribution < -0.4 is 10.9 Å². The van der Waals surface area contributed by atoms with E-state index in [0.717, 1.165) is 5.56 Å². The Bertz CT molecular complexity index is 739. The first kappa shape index (κ1) is 16.4. The maximum Gasteiger partial charge on any atom is 0.266 e. The number of carbonyl (C=O) groups is 1. The van der Waals surface area contributed by atoms with Crippen molar-refractivity contribution in [3.63, 3.8) is 0 Å². The number of nitrogens with zero attached hydrogens (tertiary/aromatic N) is 2. The number of hydrogen-bond acceptors (Lipinski definition) is 5. The summed E-state index contributed by atoms with van der Waals surface area (Å²) in [4.78, 5) is 23.9. The Morgan fingerprint density at radius 2 is 2.04 bits per heavy atom. The molecule has 2 heterocycles. The predicted molar refractivity (Wildman–Crippen MR) is 87.5 cm³/mol. The summed E-state index contributed by atoms with van der Waals surface area (Å²) in [6.07, 6.45) is -0.584. The number of nitrogens with one attached hydrogen (secondary N) is 1. The first-order valence-electron chi connectivity index (χ1n) is 7.85. The predicted octanol–water partition coefficient (Wildman–Crippen LogP) is 0.442. The van der Waals surface area contributed by atoms with Gasteiger partial charge >= 0.3 is 0 Å². The molecule has 0 aliphatic carbocycles. The molecule has 1 aliphatic heterocycles. The van der Waals surface area contributed by atoms with Crippen molar-refractivity contribution in [1.29, 1.82) is 0 Å². The van der Waals surface area contributed by atoms with E-state index in [-0.39, 0.29) is 18.1 Å². The highest BCUT2D eigenvalue weighted by Gasteiger charge is 2.22.